The van der Waals surface area contributed by atoms with Crippen LogP contribution in [0.25, 0.3) is 0 Å². The smallest absolute Gasteiger partial charge is 0.331 e. The standard InChI is InChI=1S/C32H56O7/c1-3-4-5-6-7-8-12-18-28(35)30-20-21-31(39-30)29(36)19-14-13-16-26(33)15-10-9-11-17-27(34)22-25-23-32(37)38-24(25)2/h23-24,27-31,34-36H,3-22H2,1-2H3/t24-,27+,28-,29-,30-,31-/m0/s1. The molecule has 2 heterocycles. The number of esters is 1. The van der Waals surface area contributed by atoms with E-state index in [4.69, 9.17) is 9.47 Å². The average molecular weight is 553 g/mol. The summed E-state index contributed by atoms with van der Waals surface area (Å²) in [4.78, 5) is 23.5. The summed E-state index contributed by atoms with van der Waals surface area (Å²) in [5, 5.41) is 31.2. The number of ether oxygens (including phenoxy) is 2. The maximum atomic E-state index is 12.2. The van der Waals surface area contributed by atoms with E-state index in [0.717, 1.165) is 63.4 Å². The first kappa shape index (κ1) is 33.9. The van der Waals surface area contributed by atoms with Crippen molar-refractivity contribution in [2.45, 2.75) is 179 Å². The van der Waals surface area contributed by atoms with Gasteiger partial charge in [0.05, 0.1) is 30.5 Å². The van der Waals surface area contributed by atoms with E-state index < -0.39 is 18.3 Å². The number of carbonyl (C=O) groups is 2. The number of carbonyl (C=O) groups excluding carboxylic acids is 2. The maximum Gasteiger partial charge on any atom is 0.331 e. The molecular weight excluding hydrogens is 496 g/mol. The van der Waals surface area contributed by atoms with Gasteiger partial charge in [-0.2, -0.15) is 0 Å². The van der Waals surface area contributed by atoms with Gasteiger partial charge in [0.1, 0.15) is 11.9 Å². The number of Topliss-reactive ketones (excluding diaryl/α,β-unsaturated/α-hetero) is 1. The van der Waals surface area contributed by atoms with Gasteiger partial charge in [-0.3, -0.25) is 4.79 Å². The highest BCUT2D eigenvalue weighted by Crippen LogP contribution is 2.28. The lowest BCUT2D eigenvalue weighted by Crippen LogP contribution is -2.31. The zero-order valence-electron chi connectivity index (χ0n) is 24.7. The molecule has 0 saturated carbocycles. The number of aliphatic hydroxyl groups is 3. The summed E-state index contributed by atoms with van der Waals surface area (Å²) in [6, 6.07) is 0. The summed E-state index contributed by atoms with van der Waals surface area (Å²) in [6.45, 7) is 4.04. The highest BCUT2D eigenvalue weighted by Gasteiger charge is 2.34. The molecule has 0 spiro atoms. The Morgan fingerprint density at radius 2 is 1.33 bits per heavy atom. The van der Waals surface area contributed by atoms with E-state index in [-0.39, 0.29) is 30.1 Å². The fraction of sp³-hybridized carbons (Fsp3) is 0.875. The maximum absolute atomic E-state index is 12.2. The summed E-state index contributed by atoms with van der Waals surface area (Å²) in [6.07, 6.45) is 17.4. The molecule has 1 fully saturated rings. The largest absolute Gasteiger partial charge is 0.455 e. The van der Waals surface area contributed by atoms with Crippen molar-refractivity contribution in [1.82, 2.24) is 0 Å². The van der Waals surface area contributed by atoms with Crippen molar-refractivity contribution in [2.24, 2.45) is 0 Å². The van der Waals surface area contributed by atoms with Gasteiger partial charge in [-0.1, -0.05) is 71.1 Å². The second-order valence-electron chi connectivity index (χ2n) is 11.9. The van der Waals surface area contributed by atoms with Crippen LogP contribution in [0, 0.1) is 0 Å². The lowest BCUT2D eigenvalue weighted by atomic mass is 9.99. The van der Waals surface area contributed by atoms with Crippen molar-refractivity contribution in [1.29, 1.82) is 0 Å². The summed E-state index contributed by atoms with van der Waals surface area (Å²) in [5.41, 5.74) is 0.850. The molecular formula is C32H56O7. The summed E-state index contributed by atoms with van der Waals surface area (Å²) in [7, 11) is 0. The van der Waals surface area contributed by atoms with Crippen molar-refractivity contribution in [3.63, 3.8) is 0 Å². The van der Waals surface area contributed by atoms with Gasteiger partial charge in [-0.25, -0.2) is 4.79 Å². The van der Waals surface area contributed by atoms with Crippen molar-refractivity contribution in [3.8, 4) is 0 Å². The van der Waals surface area contributed by atoms with Crippen LogP contribution >= 0.6 is 0 Å². The normalized spacial score (nSPS) is 23.5. The first-order valence-electron chi connectivity index (χ1n) is 15.9. The van der Waals surface area contributed by atoms with E-state index in [2.05, 4.69) is 6.92 Å². The number of unbranched alkanes of at least 4 members (excludes halogenated alkanes) is 9. The predicted molar refractivity (Wildman–Crippen MR) is 153 cm³/mol. The lowest BCUT2D eigenvalue weighted by molar-refractivity contribution is -0.138. The number of ketones is 1. The summed E-state index contributed by atoms with van der Waals surface area (Å²) >= 11 is 0. The van der Waals surface area contributed by atoms with E-state index in [1.807, 2.05) is 6.92 Å². The second-order valence-corrected chi connectivity index (χ2v) is 11.9. The molecule has 3 N–H and O–H groups in total. The Balaban J connectivity index is 1.44. The Morgan fingerprint density at radius 1 is 0.821 bits per heavy atom. The monoisotopic (exact) mass is 552 g/mol. The molecule has 7 nitrogen and oxygen atoms in total. The van der Waals surface area contributed by atoms with Gasteiger partial charge in [-0.05, 0) is 63.9 Å². The molecule has 0 aliphatic carbocycles. The van der Waals surface area contributed by atoms with Crippen molar-refractivity contribution in [2.75, 3.05) is 0 Å². The van der Waals surface area contributed by atoms with Crippen LogP contribution in [-0.4, -0.2) is 63.7 Å². The number of hydrogen-bond donors (Lipinski definition) is 3. The minimum Gasteiger partial charge on any atom is -0.455 e. The van der Waals surface area contributed by atoms with Crippen molar-refractivity contribution >= 4 is 11.8 Å². The zero-order valence-corrected chi connectivity index (χ0v) is 24.7. The quantitative estimate of drug-likeness (QED) is 0.104. The van der Waals surface area contributed by atoms with E-state index in [9.17, 15) is 24.9 Å². The molecule has 0 radical (unpaired) electrons. The highest BCUT2D eigenvalue weighted by atomic mass is 16.5. The molecule has 2 rings (SSSR count). The SMILES string of the molecule is CCCCCCCCC[C@H](O)[C@@H]1CC[C@@H]([C@@H](O)CCCCC(=O)CCCCC[C@@H](O)CC2=CC(=O)O[C@H]2C)O1. The van der Waals surface area contributed by atoms with Gasteiger partial charge in [0.15, 0.2) is 0 Å². The zero-order chi connectivity index (χ0) is 28.5. The molecule has 6 atom stereocenters. The van der Waals surface area contributed by atoms with Gasteiger partial charge < -0.3 is 24.8 Å². The Hall–Kier alpha value is -1.28. The number of aliphatic hydroxyl groups excluding tert-OH is 3. The Morgan fingerprint density at radius 3 is 1.92 bits per heavy atom. The third-order valence-corrected chi connectivity index (χ3v) is 8.34. The molecule has 39 heavy (non-hydrogen) atoms. The molecule has 0 aromatic rings. The molecule has 0 bridgehead atoms. The van der Waals surface area contributed by atoms with Gasteiger partial charge >= 0.3 is 5.97 Å². The average Bonchev–Trinajstić information content (AvgIpc) is 3.52. The molecule has 0 unspecified atom stereocenters. The second kappa shape index (κ2) is 19.7. The van der Waals surface area contributed by atoms with Gasteiger partial charge in [0.2, 0.25) is 0 Å². The third-order valence-electron chi connectivity index (χ3n) is 8.34. The Labute approximate surface area is 236 Å². The fourth-order valence-electron chi connectivity index (χ4n) is 5.77. The Kier molecular flexibility index (Phi) is 17.2. The molecule has 0 aromatic carbocycles. The molecule has 2 aliphatic heterocycles. The predicted octanol–water partition coefficient (Wildman–Crippen LogP) is 6.10. The van der Waals surface area contributed by atoms with Crippen LogP contribution in [0.4, 0.5) is 0 Å². The lowest BCUT2D eigenvalue weighted by Gasteiger charge is -2.22. The van der Waals surface area contributed by atoms with Crippen LogP contribution in [-0.2, 0) is 19.1 Å². The highest BCUT2D eigenvalue weighted by molar-refractivity contribution is 5.85. The molecule has 0 amide bonds. The molecule has 226 valence electrons. The Bertz CT molecular complexity index is 721. The first-order chi connectivity index (χ1) is 18.8. The van der Waals surface area contributed by atoms with Crippen LogP contribution in [0.1, 0.15) is 142 Å². The molecule has 2 aliphatic rings. The van der Waals surface area contributed by atoms with E-state index in [1.54, 1.807) is 0 Å². The minimum atomic E-state index is -0.532. The third kappa shape index (κ3) is 14.3. The van der Waals surface area contributed by atoms with Crippen LogP contribution in [0.3, 0.4) is 0 Å². The van der Waals surface area contributed by atoms with Crippen molar-refractivity contribution in [3.05, 3.63) is 11.6 Å². The minimum absolute atomic E-state index is 0.158. The van der Waals surface area contributed by atoms with Gasteiger partial charge in [-0.15, -0.1) is 0 Å². The topological polar surface area (TPSA) is 113 Å². The summed E-state index contributed by atoms with van der Waals surface area (Å²) in [5.74, 6) is -0.0706. The van der Waals surface area contributed by atoms with Crippen LogP contribution in [0.2, 0.25) is 0 Å². The van der Waals surface area contributed by atoms with Crippen molar-refractivity contribution < 1.29 is 34.4 Å². The number of cyclic esters (lactones) is 1. The number of rotatable bonds is 23. The first-order valence-corrected chi connectivity index (χ1v) is 15.9. The van der Waals surface area contributed by atoms with Gasteiger partial charge in [0.25, 0.3) is 0 Å². The molecule has 7 heteroatoms. The fourth-order valence-corrected chi connectivity index (χ4v) is 5.77. The number of hydrogen-bond acceptors (Lipinski definition) is 7. The molecule has 0 aromatic heterocycles. The van der Waals surface area contributed by atoms with Crippen LogP contribution < -0.4 is 0 Å². The van der Waals surface area contributed by atoms with E-state index in [0.29, 0.717) is 32.1 Å². The van der Waals surface area contributed by atoms with Crippen LogP contribution in [0.15, 0.2) is 11.6 Å². The molecule has 1 saturated heterocycles. The van der Waals surface area contributed by atoms with Gasteiger partial charge in [0, 0.05) is 18.9 Å². The van der Waals surface area contributed by atoms with E-state index >= 15 is 0 Å². The van der Waals surface area contributed by atoms with Crippen LogP contribution in [0.5, 0.6) is 0 Å². The summed E-state index contributed by atoms with van der Waals surface area (Å²) < 4.78 is 11.1. The van der Waals surface area contributed by atoms with E-state index in [1.165, 1.54) is 44.6 Å².